The van der Waals surface area contributed by atoms with Crippen LogP contribution in [-0.2, 0) is 16.6 Å². The zero-order valence-corrected chi connectivity index (χ0v) is 18.8. The molecule has 0 atom stereocenters. The van der Waals surface area contributed by atoms with Crippen LogP contribution in [0.4, 0.5) is 22.0 Å². The fourth-order valence-corrected chi connectivity index (χ4v) is 5.28. The van der Waals surface area contributed by atoms with Crippen LogP contribution in [0.2, 0.25) is 0 Å². The molecule has 0 radical (unpaired) electrons. The minimum absolute atomic E-state index is 0.00673. The highest BCUT2D eigenvalue weighted by molar-refractivity contribution is 5.95. The van der Waals surface area contributed by atoms with Crippen LogP contribution in [0.3, 0.4) is 0 Å². The van der Waals surface area contributed by atoms with Gasteiger partial charge in [-0.05, 0) is 63.0 Å². The average Bonchev–Trinajstić information content (AvgIpc) is 3.53. The Bertz CT molecular complexity index is 1060. The predicted octanol–water partition coefficient (Wildman–Crippen LogP) is 5.21. The number of amides is 1. The minimum atomic E-state index is -4.44. The highest BCUT2D eigenvalue weighted by atomic mass is 19.4. The number of alkyl halides is 5. The first-order valence-corrected chi connectivity index (χ1v) is 11.9. The van der Waals surface area contributed by atoms with E-state index in [2.05, 4.69) is 10.3 Å². The maximum atomic E-state index is 14.0. The van der Waals surface area contributed by atoms with E-state index in [-0.39, 0.29) is 74.2 Å². The molecule has 3 aliphatic rings. The zero-order valence-electron chi connectivity index (χ0n) is 18.8. The number of aromatic nitrogens is 2. The van der Waals surface area contributed by atoms with Crippen molar-refractivity contribution in [1.82, 2.24) is 14.7 Å². The molecule has 186 valence electrons. The van der Waals surface area contributed by atoms with Crippen LogP contribution in [0.15, 0.2) is 18.3 Å². The van der Waals surface area contributed by atoms with Crippen molar-refractivity contribution in [3.8, 4) is 0 Å². The minimum Gasteiger partial charge on any atom is -0.381 e. The summed E-state index contributed by atoms with van der Waals surface area (Å²) in [6, 6.07) is 3.09. The molecule has 1 saturated heterocycles. The number of hydrogen-bond acceptors (Lipinski definition) is 3. The first-order valence-electron chi connectivity index (χ1n) is 11.9. The molecule has 10 heteroatoms. The van der Waals surface area contributed by atoms with E-state index in [1.165, 1.54) is 6.07 Å². The van der Waals surface area contributed by atoms with E-state index in [4.69, 9.17) is 4.74 Å². The second-order valence-corrected chi connectivity index (χ2v) is 9.99. The van der Waals surface area contributed by atoms with Gasteiger partial charge < -0.3 is 14.5 Å². The molecule has 1 aliphatic heterocycles. The number of pyridine rings is 1. The van der Waals surface area contributed by atoms with E-state index in [1.54, 1.807) is 16.7 Å². The van der Waals surface area contributed by atoms with Crippen molar-refractivity contribution in [3.63, 3.8) is 0 Å². The molecule has 0 unspecified atom stereocenters. The highest BCUT2D eigenvalue weighted by Gasteiger charge is 2.66. The van der Waals surface area contributed by atoms with E-state index in [0.29, 0.717) is 37.3 Å². The maximum absolute atomic E-state index is 14.0. The summed E-state index contributed by atoms with van der Waals surface area (Å²) >= 11 is 0. The molecule has 5 rings (SSSR count). The first kappa shape index (κ1) is 23.5. The lowest BCUT2D eigenvalue weighted by atomic mass is 9.83. The Kier molecular flexibility index (Phi) is 5.85. The number of ether oxygens (including phenoxy) is 1. The predicted molar refractivity (Wildman–Crippen MR) is 114 cm³/mol. The lowest BCUT2D eigenvalue weighted by molar-refractivity contribution is -0.161. The Morgan fingerprint density at radius 1 is 1.12 bits per heavy atom. The molecular weight excluding hydrogens is 457 g/mol. The third-order valence-electron chi connectivity index (χ3n) is 7.61. The summed E-state index contributed by atoms with van der Waals surface area (Å²) in [7, 11) is 0. The van der Waals surface area contributed by atoms with Crippen LogP contribution in [0.1, 0.15) is 73.1 Å². The maximum Gasteiger partial charge on any atom is 0.400 e. The standard InChI is InChI=1S/C24H28F5N3O2/c25-23(26)6-1-15(2-7-23)13-18-20(22(8-9-22)24(27,28)29)31-19-14-16(3-10-32(18)19)21(33)30-17-4-11-34-12-5-17/h3,10,14-15,17H,1-2,4-9,11-13H2,(H,30,33). The molecule has 1 N–H and O–H groups in total. The van der Waals surface area contributed by atoms with Gasteiger partial charge in [-0.15, -0.1) is 0 Å². The molecule has 34 heavy (non-hydrogen) atoms. The van der Waals surface area contributed by atoms with Crippen LogP contribution in [-0.4, -0.2) is 46.6 Å². The fourth-order valence-electron chi connectivity index (χ4n) is 5.28. The summed E-state index contributed by atoms with van der Waals surface area (Å²) in [5.74, 6) is -3.12. The van der Waals surface area contributed by atoms with E-state index in [0.717, 1.165) is 0 Å². The van der Waals surface area contributed by atoms with Crippen LogP contribution < -0.4 is 5.32 Å². The number of imidazole rings is 1. The van der Waals surface area contributed by atoms with Crippen LogP contribution >= 0.6 is 0 Å². The monoisotopic (exact) mass is 485 g/mol. The SMILES string of the molecule is O=C(NC1CCOCC1)c1ccn2c(CC3CCC(F)(F)CC3)c(C3(C(F)(F)F)CC3)nc2c1. The largest absolute Gasteiger partial charge is 0.400 e. The van der Waals surface area contributed by atoms with Crippen molar-refractivity contribution < 1.29 is 31.5 Å². The third-order valence-corrected chi connectivity index (χ3v) is 7.61. The van der Waals surface area contributed by atoms with Crippen molar-refractivity contribution in [1.29, 1.82) is 0 Å². The summed E-state index contributed by atoms with van der Waals surface area (Å²) in [4.78, 5) is 17.1. The van der Waals surface area contributed by atoms with Crippen LogP contribution in [0.5, 0.6) is 0 Å². The van der Waals surface area contributed by atoms with Crippen LogP contribution in [0.25, 0.3) is 5.65 Å². The number of carbonyl (C=O) groups excluding carboxylic acids is 1. The van der Waals surface area contributed by atoms with E-state index >= 15 is 0 Å². The third kappa shape index (κ3) is 4.41. The molecule has 0 aromatic carbocycles. The van der Waals surface area contributed by atoms with Crippen molar-refractivity contribution in [2.45, 2.75) is 81.3 Å². The molecule has 3 fully saturated rings. The quantitative estimate of drug-likeness (QED) is 0.592. The van der Waals surface area contributed by atoms with Gasteiger partial charge in [0.25, 0.3) is 5.91 Å². The summed E-state index contributed by atoms with van der Waals surface area (Å²) < 4.78 is 76.2. The second kappa shape index (κ2) is 8.46. The Balaban J connectivity index is 1.46. The van der Waals surface area contributed by atoms with Crippen molar-refractivity contribution >= 4 is 11.6 Å². The lowest BCUT2D eigenvalue weighted by Gasteiger charge is -2.29. The second-order valence-electron chi connectivity index (χ2n) is 9.99. The van der Waals surface area contributed by atoms with Crippen molar-refractivity contribution in [3.05, 3.63) is 35.3 Å². The Morgan fingerprint density at radius 2 is 1.79 bits per heavy atom. The summed E-state index contributed by atoms with van der Waals surface area (Å²) in [6.07, 6.45) is -1.20. The van der Waals surface area contributed by atoms with Gasteiger partial charge in [0.05, 0.1) is 5.69 Å². The van der Waals surface area contributed by atoms with E-state index in [9.17, 15) is 26.7 Å². The molecule has 0 bridgehead atoms. The highest BCUT2D eigenvalue weighted by Crippen LogP contribution is 2.59. The van der Waals surface area contributed by atoms with Gasteiger partial charge in [0.15, 0.2) is 0 Å². The Hall–Kier alpha value is -2.23. The Labute approximate surface area is 194 Å². The molecule has 0 spiro atoms. The number of rotatable bonds is 5. The number of halogens is 5. The molecular formula is C24H28F5N3O2. The van der Waals surface area contributed by atoms with E-state index < -0.39 is 17.5 Å². The molecule has 2 saturated carbocycles. The van der Waals surface area contributed by atoms with Crippen LogP contribution in [0, 0.1) is 5.92 Å². The number of nitrogens with one attached hydrogen (secondary N) is 1. The van der Waals surface area contributed by atoms with Gasteiger partial charge in [-0.3, -0.25) is 4.79 Å². The van der Waals surface area contributed by atoms with Gasteiger partial charge in [0.1, 0.15) is 11.1 Å². The molecule has 2 aliphatic carbocycles. The number of fused-ring (bicyclic) bond motifs is 1. The summed E-state index contributed by atoms with van der Waals surface area (Å²) in [5, 5.41) is 2.95. The number of carbonyl (C=O) groups is 1. The lowest BCUT2D eigenvalue weighted by Crippen LogP contribution is -2.38. The molecule has 5 nitrogen and oxygen atoms in total. The van der Waals surface area contributed by atoms with Crippen molar-refractivity contribution in [2.75, 3.05) is 13.2 Å². The summed E-state index contributed by atoms with van der Waals surface area (Å²) in [6.45, 7) is 1.15. The molecule has 2 aromatic rings. The molecule has 2 aromatic heterocycles. The number of hydrogen-bond donors (Lipinski definition) is 1. The summed E-state index contributed by atoms with van der Waals surface area (Å²) in [5.41, 5.74) is -0.967. The topological polar surface area (TPSA) is 55.6 Å². The smallest absolute Gasteiger partial charge is 0.381 e. The first-order chi connectivity index (χ1) is 16.1. The van der Waals surface area contributed by atoms with Crippen molar-refractivity contribution in [2.24, 2.45) is 5.92 Å². The van der Waals surface area contributed by atoms with Gasteiger partial charge in [-0.2, -0.15) is 13.2 Å². The van der Waals surface area contributed by atoms with Gasteiger partial charge in [0, 0.05) is 49.6 Å². The Morgan fingerprint density at radius 3 is 2.41 bits per heavy atom. The number of nitrogens with zero attached hydrogens (tertiary/aromatic N) is 2. The molecule has 1 amide bonds. The van der Waals surface area contributed by atoms with Gasteiger partial charge in [0.2, 0.25) is 5.92 Å². The van der Waals surface area contributed by atoms with Gasteiger partial charge in [-0.25, -0.2) is 13.8 Å². The molecule has 3 heterocycles. The van der Waals surface area contributed by atoms with Gasteiger partial charge >= 0.3 is 6.18 Å². The zero-order chi connectivity index (χ0) is 24.1. The van der Waals surface area contributed by atoms with Gasteiger partial charge in [-0.1, -0.05) is 0 Å². The fraction of sp³-hybridized carbons (Fsp3) is 0.667. The average molecular weight is 485 g/mol. The van der Waals surface area contributed by atoms with E-state index in [1.807, 2.05) is 0 Å². The normalized spacial score (nSPS) is 23.2.